The van der Waals surface area contributed by atoms with Gasteiger partial charge in [-0.25, -0.2) is 0 Å². The van der Waals surface area contributed by atoms with E-state index in [1.54, 1.807) is 0 Å². The van der Waals surface area contributed by atoms with Crippen LogP contribution in [0.5, 0.6) is 0 Å². The molecule has 0 aromatic carbocycles. The van der Waals surface area contributed by atoms with Crippen LogP contribution in [0.25, 0.3) is 0 Å². The molecule has 1 heterocycles. The Morgan fingerprint density at radius 2 is 1.94 bits per heavy atom. The van der Waals surface area contributed by atoms with Crippen LogP contribution in [0.3, 0.4) is 0 Å². The third-order valence-electron chi connectivity index (χ3n) is 3.83. The summed E-state index contributed by atoms with van der Waals surface area (Å²) < 4.78 is 1.86. The van der Waals surface area contributed by atoms with Crippen LogP contribution in [-0.2, 0) is 13.5 Å². The predicted molar refractivity (Wildman–Crippen MR) is 72.0 cm³/mol. The van der Waals surface area contributed by atoms with Gasteiger partial charge in [0, 0.05) is 18.5 Å². The summed E-state index contributed by atoms with van der Waals surface area (Å²) in [6, 6.07) is 0. The maximum Gasteiger partial charge on any atom is 0.124 e. The minimum absolute atomic E-state index is 0.642. The van der Waals surface area contributed by atoms with Gasteiger partial charge in [0.1, 0.15) is 5.82 Å². The Morgan fingerprint density at radius 1 is 1.29 bits per heavy atom. The normalized spacial score (nSPS) is 17.9. The number of hydrogen-bond donors (Lipinski definition) is 1. The zero-order valence-corrected chi connectivity index (χ0v) is 11.4. The number of rotatable bonds is 3. The number of aryl methyl sites for hydroxylation is 1. The average molecular weight is 235 g/mol. The Bertz CT molecular complexity index is 373. The first-order valence-electron chi connectivity index (χ1n) is 6.90. The lowest BCUT2D eigenvalue weighted by Crippen LogP contribution is -2.09. The fraction of sp³-hybridized carbons (Fsp3) is 0.786. The molecule has 2 N–H and O–H groups in total. The predicted octanol–water partition coefficient (Wildman–Crippen LogP) is 3.25. The second-order valence-electron chi connectivity index (χ2n) is 5.81. The standard InChI is InChI=1S/C14H25N3/c1-10(2)9-12-13(16-17(3)14(12)15)11-7-5-4-6-8-11/h10-11H,4-9,15H2,1-3H3. The van der Waals surface area contributed by atoms with Gasteiger partial charge in [0.25, 0.3) is 0 Å². The van der Waals surface area contributed by atoms with Crippen molar-refractivity contribution in [2.75, 3.05) is 5.73 Å². The van der Waals surface area contributed by atoms with Crippen LogP contribution < -0.4 is 5.73 Å². The van der Waals surface area contributed by atoms with Gasteiger partial charge < -0.3 is 5.73 Å². The summed E-state index contributed by atoms with van der Waals surface area (Å²) in [6.07, 6.45) is 7.73. The smallest absolute Gasteiger partial charge is 0.124 e. The topological polar surface area (TPSA) is 43.8 Å². The molecule has 0 amide bonds. The van der Waals surface area contributed by atoms with Crippen LogP contribution in [0.15, 0.2) is 0 Å². The molecule has 0 spiro atoms. The zero-order chi connectivity index (χ0) is 12.4. The lowest BCUT2D eigenvalue weighted by Gasteiger charge is -2.21. The molecule has 0 aliphatic heterocycles. The van der Waals surface area contributed by atoms with Gasteiger partial charge in [-0.05, 0) is 25.2 Å². The first-order chi connectivity index (χ1) is 8.09. The summed E-state index contributed by atoms with van der Waals surface area (Å²) in [5, 5.41) is 4.68. The van der Waals surface area contributed by atoms with Gasteiger partial charge in [0.15, 0.2) is 0 Å². The maximum absolute atomic E-state index is 6.16. The van der Waals surface area contributed by atoms with Crippen molar-refractivity contribution in [3.05, 3.63) is 11.3 Å². The summed E-state index contributed by atoms with van der Waals surface area (Å²) in [4.78, 5) is 0. The van der Waals surface area contributed by atoms with Crippen molar-refractivity contribution in [1.82, 2.24) is 9.78 Å². The van der Waals surface area contributed by atoms with Gasteiger partial charge in [-0.1, -0.05) is 33.1 Å². The molecule has 17 heavy (non-hydrogen) atoms. The molecule has 0 radical (unpaired) electrons. The highest BCUT2D eigenvalue weighted by atomic mass is 15.3. The summed E-state index contributed by atoms with van der Waals surface area (Å²) in [6.45, 7) is 4.49. The van der Waals surface area contributed by atoms with Gasteiger partial charge >= 0.3 is 0 Å². The third-order valence-corrected chi connectivity index (χ3v) is 3.83. The van der Waals surface area contributed by atoms with Gasteiger partial charge in [-0.15, -0.1) is 0 Å². The van der Waals surface area contributed by atoms with E-state index >= 15 is 0 Å². The molecule has 3 nitrogen and oxygen atoms in total. The second-order valence-corrected chi connectivity index (χ2v) is 5.81. The first-order valence-corrected chi connectivity index (χ1v) is 6.90. The molecule has 1 saturated carbocycles. The molecule has 3 heteroatoms. The van der Waals surface area contributed by atoms with Crippen molar-refractivity contribution in [2.24, 2.45) is 13.0 Å². The van der Waals surface area contributed by atoms with E-state index in [4.69, 9.17) is 5.73 Å². The largest absolute Gasteiger partial charge is 0.384 e. The van der Waals surface area contributed by atoms with Gasteiger partial charge in [-0.2, -0.15) is 5.10 Å². The Hall–Kier alpha value is -0.990. The van der Waals surface area contributed by atoms with E-state index in [0.717, 1.165) is 12.2 Å². The van der Waals surface area contributed by atoms with Crippen molar-refractivity contribution < 1.29 is 0 Å². The van der Waals surface area contributed by atoms with Crippen molar-refractivity contribution in [2.45, 2.75) is 58.3 Å². The molecule has 1 aliphatic carbocycles. The van der Waals surface area contributed by atoms with E-state index < -0.39 is 0 Å². The Balaban J connectivity index is 2.28. The van der Waals surface area contributed by atoms with Crippen molar-refractivity contribution in [3.8, 4) is 0 Å². The number of nitrogen functional groups attached to an aromatic ring is 1. The molecule has 1 fully saturated rings. The average Bonchev–Trinajstić information content (AvgIpc) is 2.58. The minimum atomic E-state index is 0.642. The van der Waals surface area contributed by atoms with E-state index in [1.165, 1.54) is 43.4 Å². The van der Waals surface area contributed by atoms with Crippen LogP contribution in [0.4, 0.5) is 5.82 Å². The van der Waals surface area contributed by atoms with Crippen LogP contribution >= 0.6 is 0 Å². The number of anilines is 1. The van der Waals surface area contributed by atoms with Crippen LogP contribution in [-0.4, -0.2) is 9.78 Å². The molecule has 1 aliphatic rings. The summed E-state index contributed by atoms with van der Waals surface area (Å²) in [7, 11) is 1.96. The monoisotopic (exact) mass is 235 g/mol. The van der Waals surface area contributed by atoms with E-state index in [9.17, 15) is 0 Å². The molecule has 0 atom stereocenters. The van der Waals surface area contributed by atoms with Gasteiger partial charge in [-0.3, -0.25) is 4.68 Å². The molecular weight excluding hydrogens is 210 g/mol. The molecule has 96 valence electrons. The first kappa shape index (κ1) is 12.5. The lowest BCUT2D eigenvalue weighted by molar-refractivity contribution is 0.430. The highest BCUT2D eigenvalue weighted by Crippen LogP contribution is 2.36. The number of hydrogen-bond acceptors (Lipinski definition) is 2. The molecule has 0 unspecified atom stereocenters. The fourth-order valence-corrected chi connectivity index (χ4v) is 2.92. The summed E-state index contributed by atoms with van der Waals surface area (Å²) in [5.41, 5.74) is 8.76. The number of nitrogens with two attached hydrogens (primary N) is 1. The maximum atomic E-state index is 6.16. The zero-order valence-electron chi connectivity index (χ0n) is 11.4. The van der Waals surface area contributed by atoms with Gasteiger partial charge in [0.2, 0.25) is 0 Å². The fourth-order valence-electron chi connectivity index (χ4n) is 2.92. The summed E-state index contributed by atoms with van der Waals surface area (Å²) >= 11 is 0. The van der Waals surface area contributed by atoms with E-state index in [2.05, 4.69) is 18.9 Å². The summed E-state index contributed by atoms with van der Waals surface area (Å²) in [5.74, 6) is 2.17. The van der Waals surface area contributed by atoms with Crippen molar-refractivity contribution in [1.29, 1.82) is 0 Å². The lowest BCUT2D eigenvalue weighted by atomic mass is 9.84. The third kappa shape index (κ3) is 2.64. The Labute approximate surface area is 104 Å². The Morgan fingerprint density at radius 3 is 2.53 bits per heavy atom. The van der Waals surface area contributed by atoms with Gasteiger partial charge in [0.05, 0.1) is 5.69 Å². The van der Waals surface area contributed by atoms with Crippen molar-refractivity contribution in [3.63, 3.8) is 0 Å². The second kappa shape index (κ2) is 5.11. The number of nitrogens with zero attached hydrogens (tertiary/aromatic N) is 2. The van der Waals surface area contributed by atoms with Crippen LogP contribution in [0.2, 0.25) is 0 Å². The van der Waals surface area contributed by atoms with E-state index in [1.807, 2.05) is 11.7 Å². The van der Waals surface area contributed by atoms with Crippen molar-refractivity contribution >= 4 is 5.82 Å². The molecule has 1 aromatic heterocycles. The molecule has 1 aromatic rings. The highest BCUT2D eigenvalue weighted by Gasteiger charge is 2.24. The molecule has 0 saturated heterocycles. The van der Waals surface area contributed by atoms with E-state index in [-0.39, 0.29) is 0 Å². The SMILES string of the molecule is CC(C)Cc1c(C2CCCCC2)nn(C)c1N. The molecular formula is C14H25N3. The quantitative estimate of drug-likeness (QED) is 0.874. The van der Waals surface area contributed by atoms with Crippen LogP contribution in [0.1, 0.15) is 63.1 Å². The highest BCUT2D eigenvalue weighted by molar-refractivity contribution is 5.45. The Kier molecular flexibility index (Phi) is 3.75. The molecule has 2 rings (SSSR count). The molecule has 0 bridgehead atoms. The number of aromatic nitrogens is 2. The van der Waals surface area contributed by atoms with E-state index in [0.29, 0.717) is 11.8 Å². The van der Waals surface area contributed by atoms with Crippen LogP contribution in [0, 0.1) is 5.92 Å². The minimum Gasteiger partial charge on any atom is -0.384 e.